The lowest BCUT2D eigenvalue weighted by atomic mass is 9.70. The number of fused-ring (bicyclic) bond motifs is 4. The molecule has 1 nitrogen and oxygen atoms in total. The standard InChI is InChI=1S/C22H24O/c23-21-11-10-19-15-5-2-7-17-13-16-6-1-4-14(12-15)18(19)8-3-9-20(16)22(17)21/h12-13H,1-11H2. The van der Waals surface area contributed by atoms with E-state index in [1.807, 2.05) is 0 Å². The van der Waals surface area contributed by atoms with Crippen LogP contribution < -0.4 is 0 Å². The third-order valence-corrected chi connectivity index (χ3v) is 6.37. The molecular formula is C22H24O. The molecule has 0 spiro atoms. The van der Waals surface area contributed by atoms with Crippen LogP contribution in [0.2, 0.25) is 0 Å². The van der Waals surface area contributed by atoms with Gasteiger partial charge in [0.15, 0.2) is 0 Å². The van der Waals surface area contributed by atoms with E-state index in [0.29, 0.717) is 12.2 Å². The fourth-order valence-corrected chi connectivity index (χ4v) is 5.36. The van der Waals surface area contributed by atoms with Crippen LogP contribution in [0, 0.1) is 60.2 Å². The van der Waals surface area contributed by atoms with Crippen LogP contribution in [0.3, 0.4) is 0 Å². The lowest BCUT2D eigenvalue weighted by Gasteiger charge is -2.33. The van der Waals surface area contributed by atoms with Crippen molar-refractivity contribution in [3.63, 3.8) is 0 Å². The van der Waals surface area contributed by atoms with E-state index in [1.165, 1.54) is 56.3 Å². The second-order valence-electron chi connectivity index (χ2n) is 7.68. The van der Waals surface area contributed by atoms with Crippen molar-refractivity contribution in [2.24, 2.45) is 0 Å². The second kappa shape index (κ2) is 5.88. The molecule has 10 radical (unpaired) electrons. The minimum absolute atomic E-state index is 0.422. The molecule has 0 aliphatic heterocycles. The highest BCUT2D eigenvalue weighted by molar-refractivity contribution is 6.01. The van der Waals surface area contributed by atoms with Crippen LogP contribution in [0.1, 0.15) is 70.6 Å². The molecule has 0 aromatic carbocycles. The summed E-state index contributed by atoms with van der Waals surface area (Å²) in [6.07, 6.45) is 17.2. The molecule has 0 heterocycles. The number of rotatable bonds is 0. The Hall–Kier alpha value is -0.330. The Morgan fingerprint density at radius 1 is 0.522 bits per heavy atom. The van der Waals surface area contributed by atoms with Gasteiger partial charge < -0.3 is 0 Å². The van der Waals surface area contributed by atoms with E-state index in [9.17, 15) is 4.79 Å². The predicted octanol–water partition coefficient (Wildman–Crippen LogP) is 4.92. The maximum atomic E-state index is 13.0. The summed E-state index contributed by atoms with van der Waals surface area (Å²) in [5, 5.41) is 0. The van der Waals surface area contributed by atoms with Gasteiger partial charge in [0.05, 0.1) is 5.92 Å². The van der Waals surface area contributed by atoms with Gasteiger partial charge in [-0.1, -0.05) is 19.3 Å². The molecule has 0 unspecified atom stereocenters. The third-order valence-electron chi connectivity index (χ3n) is 6.37. The summed E-state index contributed by atoms with van der Waals surface area (Å²) in [4.78, 5) is 13.0. The molecule has 5 rings (SSSR count). The number of Topliss-reactive ketones (excluding diaryl/α,β-unsaturated/α-hetero) is 1. The van der Waals surface area contributed by atoms with Gasteiger partial charge in [0.25, 0.3) is 0 Å². The predicted molar refractivity (Wildman–Crippen MR) is 90.3 cm³/mol. The first-order chi connectivity index (χ1) is 11.3. The van der Waals surface area contributed by atoms with Crippen LogP contribution in [-0.4, -0.2) is 5.78 Å². The van der Waals surface area contributed by atoms with Gasteiger partial charge in [0.2, 0.25) is 0 Å². The molecule has 0 amide bonds. The Morgan fingerprint density at radius 3 is 1.83 bits per heavy atom. The SMILES string of the molecule is O=C1CC[C]2[C]3[CH][C]4CCC[C]5[CH][C](CCC3)[C]1[C]5CCC[C]42. The molecule has 0 aromatic heterocycles. The van der Waals surface area contributed by atoms with E-state index in [0.717, 1.165) is 31.6 Å². The van der Waals surface area contributed by atoms with Gasteiger partial charge in [-0.15, -0.1) is 0 Å². The highest BCUT2D eigenvalue weighted by Crippen LogP contribution is 2.61. The van der Waals surface area contributed by atoms with Crippen molar-refractivity contribution in [2.45, 2.75) is 70.6 Å². The summed E-state index contributed by atoms with van der Waals surface area (Å²) in [7, 11) is 0. The lowest BCUT2D eigenvalue weighted by molar-refractivity contribution is -0.117. The van der Waals surface area contributed by atoms with Crippen molar-refractivity contribution in [2.75, 3.05) is 0 Å². The van der Waals surface area contributed by atoms with Crippen LogP contribution >= 0.6 is 0 Å². The molecule has 118 valence electrons. The number of carbonyl (C=O) groups excluding carboxylic acids is 1. The molecule has 5 saturated carbocycles. The second-order valence-corrected chi connectivity index (χ2v) is 7.68. The first-order valence-corrected chi connectivity index (χ1v) is 9.44. The summed E-state index contributed by atoms with van der Waals surface area (Å²) in [6, 6.07) is 0. The Morgan fingerprint density at radius 2 is 1.04 bits per heavy atom. The summed E-state index contributed by atoms with van der Waals surface area (Å²) < 4.78 is 0. The Bertz CT molecular complexity index is 469. The first kappa shape index (κ1) is 15.0. The van der Waals surface area contributed by atoms with E-state index >= 15 is 0 Å². The highest BCUT2D eigenvalue weighted by atomic mass is 16.1. The maximum Gasteiger partial charge on any atom is 0.141 e. The van der Waals surface area contributed by atoms with E-state index in [-0.39, 0.29) is 0 Å². The van der Waals surface area contributed by atoms with Gasteiger partial charge in [0.1, 0.15) is 5.78 Å². The topological polar surface area (TPSA) is 17.1 Å². The van der Waals surface area contributed by atoms with Crippen molar-refractivity contribution < 1.29 is 4.79 Å². The van der Waals surface area contributed by atoms with Crippen LogP contribution in [-0.2, 0) is 4.79 Å². The van der Waals surface area contributed by atoms with Crippen LogP contribution in [0.25, 0.3) is 0 Å². The number of ketones is 1. The average molecular weight is 304 g/mol. The Balaban J connectivity index is 1.58. The minimum Gasteiger partial charge on any atom is -0.299 e. The fraction of sp³-hybridized carbons (Fsp3) is 0.500. The molecule has 0 atom stereocenters. The van der Waals surface area contributed by atoms with Crippen molar-refractivity contribution in [1.82, 2.24) is 0 Å². The van der Waals surface area contributed by atoms with Crippen LogP contribution in [0.4, 0.5) is 0 Å². The Labute approximate surface area is 142 Å². The summed E-state index contributed by atoms with van der Waals surface area (Å²) in [5.41, 5.74) is 0. The minimum atomic E-state index is 0.422. The molecule has 5 aliphatic rings. The zero-order valence-corrected chi connectivity index (χ0v) is 13.8. The normalized spacial score (nSPS) is 34.0. The maximum absolute atomic E-state index is 13.0. The Kier molecular flexibility index (Phi) is 3.83. The molecule has 23 heavy (non-hydrogen) atoms. The summed E-state index contributed by atoms with van der Waals surface area (Å²) >= 11 is 0. The molecule has 0 N–H and O–H groups in total. The van der Waals surface area contributed by atoms with Gasteiger partial charge in [0, 0.05) is 6.42 Å². The molecule has 0 saturated heterocycles. The molecule has 5 aliphatic carbocycles. The first-order valence-electron chi connectivity index (χ1n) is 9.44. The molecule has 1 heteroatoms. The number of hydrogen-bond donors (Lipinski definition) is 0. The fourth-order valence-electron chi connectivity index (χ4n) is 5.36. The summed E-state index contributed by atoms with van der Waals surface area (Å²) in [6.45, 7) is 0. The summed E-state index contributed by atoms with van der Waals surface area (Å²) in [5.74, 6) is 12.3. The van der Waals surface area contributed by atoms with Gasteiger partial charge in [-0.3, -0.25) is 4.79 Å². The highest BCUT2D eigenvalue weighted by Gasteiger charge is 2.51. The molecule has 5 fully saturated rings. The van der Waals surface area contributed by atoms with Crippen molar-refractivity contribution in [1.29, 1.82) is 0 Å². The van der Waals surface area contributed by atoms with Crippen molar-refractivity contribution in [3.8, 4) is 0 Å². The molecular weight excluding hydrogens is 280 g/mol. The molecule has 4 bridgehead atoms. The van der Waals surface area contributed by atoms with Crippen LogP contribution in [0.5, 0.6) is 0 Å². The molecule has 0 aromatic rings. The zero-order valence-electron chi connectivity index (χ0n) is 13.8. The van der Waals surface area contributed by atoms with Gasteiger partial charge in [-0.05, 0) is 99.2 Å². The van der Waals surface area contributed by atoms with E-state index in [1.54, 1.807) is 23.7 Å². The van der Waals surface area contributed by atoms with E-state index in [2.05, 4.69) is 12.8 Å². The average Bonchev–Trinajstić information content (AvgIpc) is 3.06. The van der Waals surface area contributed by atoms with Crippen LogP contribution in [0.15, 0.2) is 0 Å². The number of carbonyl (C=O) groups is 1. The zero-order chi connectivity index (χ0) is 15.4. The monoisotopic (exact) mass is 304 g/mol. The van der Waals surface area contributed by atoms with Gasteiger partial charge >= 0.3 is 0 Å². The lowest BCUT2D eigenvalue weighted by Crippen LogP contribution is -2.26. The van der Waals surface area contributed by atoms with E-state index in [4.69, 9.17) is 0 Å². The quantitative estimate of drug-likeness (QED) is 0.621. The van der Waals surface area contributed by atoms with Crippen molar-refractivity contribution >= 4 is 5.78 Å². The van der Waals surface area contributed by atoms with E-state index < -0.39 is 0 Å². The van der Waals surface area contributed by atoms with Gasteiger partial charge in [-0.2, -0.15) is 0 Å². The largest absolute Gasteiger partial charge is 0.299 e. The third kappa shape index (κ3) is 2.44. The van der Waals surface area contributed by atoms with Gasteiger partial charge in [-0.25, -0.2) is 0 Å². The smallest absolute Gasteiger partial charge is 0.141 e. The number of hydrogen-bond acceptors (Lipinski definition) is 1. The van der Waals surface area contributed by atoms with Crippen molar-refractivity contribution in [3.05, 3.63) is 60.2 Å².